The van der Waals surface area contributed by atoms with Crippen LogP contribution < -0.4 is 13.6 Å². The molecule has 0 atom stereocenters. The molecule has 0 spiro atoms. The van der Waals surface area contributed by atoms with Gasteiger partial charge in [-0.05, 0) is 82.9 Å². The van der Waals surface area contributed by atoms with Crippen LogP contribution in [0.5, 0.6) is 17.2 Å². The van der Waals surface area contributed by atoms with Crippen molar-refractivity contribution in [1.82, 2.24) is 0 Å². The first-order chi connectivity index (χ1) is 23.1. The van der Waals surface area contributed by atoms with Crippen LogP contribution in [0.15, 0.2) is 72.8 Å². The quantitative estimate of drug-likeness (QED) is 0.0622. The number of esters is 2. The van der Waals surface area contributed by atoms with Crippen molar-refractivity contribution in [2.45, 2.75) is 112 Å². The summed E-state index contributed by atoms with van der Waals surface area (Å²) in [5, 5.41) is 0. The van der Waals surface area contributed by atoms with Gasteiger partial charge < -0.3 is 23.0 Å². The molecule has 9 heteroatoms. The molecule has 0 radical (unpaired) electrons. The van der Waals surface area contributed by atoms with Crippen LogP contribution in [0.1, 0.15) is 108 Å². The van der Waals surface area contributed by atoms with Crippen LogP contribution in [0.2, 0.25) is 0 Å². The first-order valence-corrected chi connectivity index (χ1v) is 18.8. The highest BCUT2D eigenvalue weighted by molar-refractivity contribution is 7.49. The van der Waals surface area contributed by atoms with Crippen molar-refractivity contribution in [1.29, 1.82) is 0 Å². The number of unbranched alkanes of at least 4 members (excludes halogenated alkanes) is 7. The molecule has 0 saturated heterocycles. The zero-order valence-electron chi connectivity index (χ0n) is 29.5. The molecule has 0 bridgehead atoms. The molecule has 0 heterocycles. The van der Waals surface area contributed by atoms with E-state index in [2.05, 4.69) is 13.8 Å². The Morgan fingerprint density at radius 1 is 0.479 bits per heavy atom. The number of carbonyl (C=O) groups is 2. The van der Waals surface area contributed by atoms with Crippen molar-refractivity contribution in [2.24, 2.45) is 0 Å². The fraction of sp³-hybridized carbons (Fsp3) is 0.487. The van der Waals surface area contributed by atoms with Gasteiger partial charge in [0.25, 0.3) is 0 Å². The lowest BCUT2D eigenvalue weighted by molar-refractivity contribution is -0.144. The predicted molar refractivity (Wildman–Crippen MR) is 192 cm³/mol. The summed E-state index contributed by atoms with van der Waals surface area (Å²) >= 11 is 0. The number of hydrogen-bond donors (Lipinski definition) is 0. The third kappa shape index (κ3) is 18.5. The van der Waals surface area contributed by atoms with Crippen molar-refractivity contribution in [3.05, 3.63) is 89.5 Å². The smallest absolute Gasteiger partial charge is 0.466 e. The molecule has 264 valence electrons. The topological polar surface area (TPSA) is 97.4 Å². The first-order valence-electron chi connectivity index (χ1n) is 17.3. The lowest BCUT2D eigenvalue weighted by atomic mass is 10.1. The summed E-state index contributed by atoms with van der Waals surface area (Å²) in [5.74, 6) is 1.11. The van der Waals surface area contributed by atoms with Gasteiger partial charge in [0, 0.05) is 12.8 Å². The third-order valence-corrected chi connectivity index (χ3v) is 8.55. The summed E-state index contributed by atoms with van der Waals surface area (Å²) < 4.78 is 40.4. The normalized spacial score (nSPS) is 10.8. The Morgan fingerprint density at radius 3 is 1.06 bits per heavy atom. The summed E-state index contributed by atoms with van der Waals surface area (Å²) in [4.78, 5) is 22.7. The van der Waals surface area contributed by atoms with Gasteiger partial charge in [0.2, 0.25) is 0 Å². The highest BCUT2D eigenvalue weighted by Gasteiger charge is 2.33. The van der Waals surface area contributed by atoms with Gasteiger partial charge in [0.15, 0.2) is 0 Å². The summed E-state index contributed by atoms with van der Waals surface area (Å²) in [6.07, 6.45) is 11.3. The molecule has 0 saturated carbocycles. The van der Waals surface area contributed by atoms with Gasteiger partial charge >= 0.3 is 19.8 Å². The molecule has 0 aliphatic heterocycles. The molecule has 3 rings (SSSR count). The number of aryl methyl sites for hydroxylation is 3. The highest BCUT2D eigenvalue weighted by Crippen LogP contribution is 2.49. The summed E-state index contributed by atoms with van der Waals surface area (Å²) in [6.45, 7) is 11.2. The van der Waals surface area contributed by atoms with E-state index in [0.717, 1.165) is 80.9 Å². The Kier molecular flexibility index (Phi) is 19.8. The molecule has 0 aliphatic rings. The van der Waals surface area contributed by atoms with Gasteiger partial charge in [0.05, 0.1) is 13.2 Å². The Balaban J connectivity index is 0.000000340. The van der Waals surface area contributed by atoms with E-state index in [1.165, 1.54) is 0 Å². The second kappa shape index (κ2) is 23.5. The zero-order valence-corrected chi connectivity index (χ0v) is 30.4. The van der Waals surface area contributed by atoms with Crippen LogP contribution in [-0.4, -0.2) is 25.2 Å². The maximum Gasteiger partial charge on any atom is 0.647 e. The lowest BCUT2D eigenvalue weighted by Crippen LogP contribution is -2.07. The summed E-state index contributed by atoms with van der Waals surface area (Å²) in [5.41, 5.74) is 3.23. The van der Waals surface area contributed by atoms with Crippen LogP contribution in [0.25, 0.3) is 0 Å². The molecular weight excluding hydrogens is 627 g/mol. The number of hydrogen-bond acceptors (Lipinski definition) is 8. The van der Waals surface area contributed by atoms with E-state index >= 15 is 0 Å². The Bertz CT molecular complexity index is 1200. The van der Waals surface area contributed by atoms with E-state index in [1.54, 1.807) is 36.4 Å². The monoisotopic (exact) mass is 682 g/mol. The van der Waals surface area contributed by atoms with Crippen molar-refractivity contribution in [3.8, 4) is 17.2 Å². The van der Waals surface area contributed by atoms with Crippen LogP contribution >= 0.6 is 7.82 Å². The van der Waals surface area contributed by atoms with Crippen molar-refractivity contribution < 1.29 is 37.2 Å². The van der Waals surface area contributed by atoms with Crippen molar-refractivity contribution >= 4 is 19.8 Å². The number of phosphoric acid groups is 1. The van der Waals surface area contributed by atoms with Crippen LogP contribution in [0.3, 0.4) is 0 Å². The molecule has 0 aromatic heterocycles. The average molecular weight is 683 g/mol. The molecule has 0 unspecified atom stereocenters. The maximum absolute atomic E-state index is 13.3. The van der Waals surface area contributed by atoms with E-state index in [9.17, 15) is 14.2 Å². The van der Waals surface area contributed by atoms with Crippen molar-refractivity contribution in [2.75, 3.05) is 13.2 Å². The van der Waals surface area contributed by atoms with Gasteiger partial charge in [-0.15, -0.1) is 0 Å². The molecule has 0 fully saturated rings. The molecule has 8 nitrogen and oxygen atoms in total. The minimum Gasteiger partial charge on any atom is -0.466 e. The first kappa shape index (κ1) is 40.4. The SMILES string of the molecule is CCCCOC(=O)CCCCCCCCC(=O)OCCCC.Cc1ccc(OP(=O)(Oc2ccc(C)cc2)Oc2ccc(C)cc2)cc1. The van der Waals surface area contributed by atoms with E-state index in [4.69, 9.17) is 23.0 Å². The molecule has 3 aromatic rings. The zero-order chi connectivity index (χ0) is 35.0. The minimum absolute atomic E-state index is 0.0664. The molecule has 3 aromatic carbocycles. The van der Waals surface area contributed by atoms with E-state index in [0.29, 0.717) is 43.3 Å². The average Bonchev–Trinajstić information content (AvgIpc) is 3.06. The maximum atomic E-state index is 13.3. The van der Waals surface area contributed by atoms with E-state index in [1.807, 2.05) is 57.2 Å². The molecule has 0 aliphatic carbocycles. The Morgan fingerprint density at radius 2 is 0.771 bits per heavy atom. The molecule has 48 heavy (non-hydrogen) atoms. The standard InChI is InChI=1S/C21H21O4P.C18H34O4/c1-16-4-10-19(11-5-16)23-26(22,24-20-12-6-17(2)7-13-20)25-21-14-8-18(3)9-15-21;1-3-5-15-21-17(19)13-11-9-7-8-10-12-14-18(20)22-16-6-4-2/h4-15H,1-3H3;3-16H2,1-2H3. The van der Waals surface area contributed by atoms with E-state index in [-0.39, 0.29) is 11.9 Å². The highest BCUT2D eigenvalue weighted by atomic mass is 31.2. The van der Waals surface area contributed by atoms with Gasteiger partial charge in [-0.25, -0.2) is 0 Å². The molecular formula is C39H55O8P. The van der Waals surface area contributed by atoms with Crippen LogP contribution in [0, 0.1) is 20.8 Å². The predicted octanol–water partition coefficient (Wildman–Crippen LogP) is 11.1. The van der Waals surface area contributed by atoms with Gasteiger partial charge in [-0.1, -0.05) is 105 Å². The second-order valence-electron chi connectivity index (χ2n) is 11.9. The number of rotatable bonds is 21. The fourth-order valence-electron chi connectivity index (χ4n) is 4.29. The number of phosphoric ester groups is 1. The number of carbonyl (C=O) groups excluding carboxylic acids is 2. The summed E-state index contributed by atoms with van der Waals surface area (Å²) in [7, 11) is -3.93. The van der Waals surface area contributed by atoms with Gasteiger partial charge in [-0.2, -0.15) is 4.57 Å². The van der Waals surface area contributed by atoms with E-state index < -0.39 is 7.82 Å². The lowest BCUT2D eigenvalue weighted by Gasteiger charge is -2.19. The minimum atomic E-state index is -3.93. The molecule has 0 N–H and O–H groups in total. The van der Waals surface area contributed by atoms with Crippen LogP contribution in [-0.2, 0) is 23.6 Å². The molecule has 0 amide bonds. The number of benzene rings is 3. The number of ether oxygens (including phenoxy) is 2. The fourth-order valence-corrected chi connectivity index (χ4v) is 5.54. The second-order valence-corrected chi connectivity index (χ2v) is 13.4. The van der Waals surface area contributed by atoms with Crippen LogP contribution in [0.4, 0.5) is 0 Å². The Labute approximate surface area is 288 Å². The van der Waals surface area contributed by atoms with Gasteiger partial charge in [-0.3, -0.25) is 9.59 Å². The van der Waals surface area contributed by atoms with Gasteiger partial charge in [0.1, 0.15) is 17.2 Å². The largest absolute Gasteiger partial charge is 0.647 e. The summed E-state index contributed by atoms with van der Waals surface area (Å²) in [6, 6.07) is 21.6. The third-order valence-electron chi connectivity index (χ3n) is 7.25. The Hall–Kier alpha value is -3.77. The van der Waals surface area contributed by atoms with Crippen molar-refractivity contribution in [3.63, 3.8) is 0 Å².